The standard InChI is InChI=1S/C14H16N2O3/c1-14(2,3)12-8-9(13(18)19)15-16(12)10-6-4-5-7-11(10)17/h4-8,17H,1-3H3,(H,18,19). The molecule has 100 valence electrons. The van der Waals surface area contributed by atoms with Crippen LogP contribution in [0.2, 0.25) is 0 Å². The Morgan fingerprint density at radius 2 is 1.89 bits per heavy atom. The maximum atomic E-state index is 11.1. The molecule has 5 heteroatoms. The van der Waals surface area contributed by atoms with Gasteiger partial charge in [0.15, 0.2) is 5.69 Å². The van der Waals surface area contributed by atoms with Crippen LogP contribution in [0.4, 0.5) is 0 Å². The lowest BCUT2D eigenvalue weighted by atomic mass is 9.91. The maximum Gasteiger partial charge on any atom is 0.356 e. The highest BCUT2D eigenvalue weighted by atomic mass is 16.4. The predicted molar refractivity (Wildman–Crippen MR) is 70.9 cm³/mol. The zero-order chi connectivity index (χ0) is 14.2. The molecule has 1 aromatic heterocycles. The molecule has 0 unspecified atom stereocenters. The summed E-state index contributed by atoms with van der Waals surface area (Å²) in [4.78, 5) is 11.1. The summed E-state index contributed by atoms with van der Waals surface area (Å²) in [6.45, 7) is 5.89. The van der Waals surface area contributed by atoms with Crippen LogP contribution in [-0.2, 0) is 5.41 Å². The van der Waals surface area contributed by atoms with Crippen LogP contribution in [0.5, 0.6) is 5.75 Å². The number of hydrogen-bond donors (Lipinski definition) is 2. The van der Waals surface area contributed by atoms with E-state index in [4.69, 9.17) is 5.11 Å². The number of carboxylic acids is 1. The van der Waals surface area contributed by atoms with Gasteiger partial charge in [0.25, 0.3) is 0 Å². The van der Waals surface area contributed by atoms with Crippen LogP contribution in [-0.4, -0.2) is 26.0 Å². The lowest BCUT2D eigenvalue weighted by molar-refractivity contribution is 0.0690. The molecule has 5 nitrogen and oxygen atoms in total. The minimum Gasteiger partial charge on any atom is -0.506 e. The number of carboxylic acid groups (broad SMARTS) is 1. The molecule has 0 aliphatic rings. The van der Waals surface area contributed by atoms with Gasteiger partial charge in [-0.25, -0.2) is 9.48 Å². The number of para-hydroxylation sites is 2. The second kappa shape index (κ2) is 4.42. The fourth-order valence-electron chi connectivity index (χ4n) is 1.85. The number of rotatable bonds is 2. The molecule has 1 heterocycles. The van der Waals surface area contributed by atoms with Gasteiger partial charge in [-0.3, -0.25) is 0 Å². The van der Waals surface area contributed by atoms with Crippen molar-refractivity contribution in [1.29, 1.82) is 0 Å². The molecule has 0 saturated carbocycles. The Bertz CT molecular complexity index is 624. The van der Waals surface area contributed by atoms with E-state index in [1.54, 1.807) is 24.3 Å². The second-order valence-electron chi connectivity index (χ2n) is 5.37. The van der Waals surface area contributed by atoms with Gasteiger partial charge in [0.05, 0.1) is 5.69 Å². The summed E-state index contributed by atoms with van der Waals surface area (Å²) in [6.07, 6.45) is 0. The first-order valence-electron chi connectivity index (χ1n) is 5.93. The van der Waals surface area contributed by atoms with E-state index < -0.39 is 5.97 Å². The van der Waals surface area contributed by atoms with Gasteiger partial charge in [-0.1, -0.05) is 32.9 Å². The molecule has 0 amide bonds. The smallest absolute Gasteiger partial charge is 0.356 e. The molecular weight excluding hydrogens is 244 g/mol. The average Bonchev–Trinajstić information content (AvgIpc) is 2.74. The summed E-state index contributed by atoms with van der Waals surface area (Å²) in [5, 5.41) is 23.0. The molecule has 1 aromatic carbocycles. The zero-order valence-corrected chi connectivity index (χ0v) is 11.1. The Labute approximate surface area is 111 Å². The predicted octanol–water partition coefficient (Wildman–Crippen LogP) is 2.57. The third-order valence-electron chi connectivity index (χ3n) is 2.81. The highest BCUT2D eigenvalue weighted by Gasteiger charge is 2.24. The minimum atomic E-state index is -1.08. The zero-order valence-electron chi connectivity index (χ0n) is 11.1. The Morgan fingerprint density at radius 3 is 2.42 bits per heavy atom. The van der Waals surface area contributed by atoms with Crippen LogP contribution in [0.25, 0.3) is 5.69 Å². The van der Waals surface area contributed by atoms with Gasteiger partial charge in [0.1, 0.15) is 11.4 Å². The van der Waals surface area contributed by atoms with E-state index >= 15 is 0 Å². The van der Waals surface area contributed by atoms with Crippen LogP contribution >= 0.6 is 0 Å². The van der Waals surface area contributed by atoms with Crippen molar-refractivity contribution >= 4 is 5.97 Å². The summed E-state index contributed by atoms with van der Waals surface area (Å²) in [7, 11) is 0. The molecule has 0 atom stereocenters. The molecule has 2 rings (SSSR count). The molecular formula is C14H16N2O3. The highest BCUT2D eigenvalue weighted by Crippen LogP contribution is 2.29. The van der Waals surface area contributed by atoms with E-state index in [-0.39, 0.29) is 16.9 Å². The van der Waals surface area contributed by atoms with Gasteiger partial charge in [-0.05, 0) is 18.2 Å². The number of benzene rings is 1. The van der Waals surface area contributed by atoms with Gasteiger partial charge in [-0.2, -0.15) is 5.10 Å². The topological polar surface area (TPSA) is 75.3 Å². The summed E-state index contributed by atoms with van der Waals surface area (Å²) < 4.78 is 1.48. The molecule has 2 aromatic rings. The number of carbonyl (C=O) groups is 1. The van der Waals surface area contributed by atoms with Crippen molar-refractivity contribution in [2.24, 2.45) is 0 Å². The Morgan fingerprint density at radius 1 is 1.26 bits per heavy atom. The maximum absolute atomic E-state index is 11.1. The van der Waals surface area contributed by atoms with E-state index in [0.717, 1.165) is 5.69 Å². The van der Waals surface area contributed by atoms with E-state index in [9.17, 15) is 9.90 Å². The molecule has 0 bridgehead atoms. The van der Waals surface area contributed by atoms with Gasteiger partial charge >= 0.3 is 5.97 Å². The first kappa shape index (κ1) is 13.1. The largest absolute Gasteiger partial charge is 0.506 e. The molecule has 2 N–H and O–H groups in total. The summed E-state index contributed by atoms with van der Waals surface area (Å²) in [5.74, 6) is -1.02. The quantitative estimate of drug-likeness (QED) is 0.870. The molecule has 0 radical (unpaired) electrons. The number of aromatic nitrogens is 2. The number of aromatic carboxylic acids is 1. The molecule has 0 saturated heterocycles. The number of aromatic hydroxyl groups is 1. The second-order valence-corrected chi connectivity index (χ2v) is 5.37. The van der Waals surface area contributed by atoms with Crippen molar-refractivity contribution in [1.82, 2.24) is 9.78 Å². The summed E-state index contributed by atoms with van der Waals surface area (Å²) >= 11 is 0. The third kappa shape index (κ3) is 2.45. The van der Waals surface area contributed by atoms with Crippen molar-refractivity contribution in [3.63, 3.8) is 0 Å². The van der Waals surface area contributed by atoms with Crippen molar-refractivity contribution in [3.8, 4) is 11.4 Å². The first-order valence-corrected chi connectivity index (χ1v) is 5.93. The molecule has 0 spiro atoms. The normalized spacial score (nSPS) is 11.5. The lowest BCUT2D eigenvalue weighted by Crippen LogP contribution is -2.17. The number of nitrogens with zero attached hydrogens (tertiary/aromatic N) is 2. The van der Waals surface area contributed by atoms with Crippen molar-refractivity contribution in [2.45, 2.75) is 26.2 Å². The van der Waals surface area contributed by atoms with E-state index in [1.807, 2.05) is 20.8 Å². The Hall–Kier alpha value is -2.30. The van der Waals surface area contributed by atoms with Crippen molar-refractivity contribution < 1.29 is 15.0 Å². The fourth-order valence-corrected chi connectivity index (χ4v) is 1.85. The fraction of sp³-hybridized carbons (Fsp3) is 0.286. The first-order chi connectivity index (χ1) is 8.80. The molecule has 0 aliphatic heterocycles. The monoisotopic (exact) mass is 260 g/mol. The summed E-state index contributed by atoms with van der Waals surface area (Å²) in [6, 6.07) is 8.25. The Kier molecular flexibility index (Phi) is 3.06. The van der Waals surface area contributed by atoms with Crippen molar-refractivity contribution in [3.05, 3.63) is 41.7 Å². The lowest BCUT2D eigenvalue weighted by Gasteiger charge is -2.20. The number of phenolic OH excluding ortho intramolecular Hbond substituents is 1. The Balaban J connectivity index is 2.69. The van der Waals surface area contributed by atoms with Crippen LogP contribution in [0.1, 0.15) is 37.0 Å². The molecule has 0 fully saturated rings. The minimum absolute atomic E-state index is 0.0341. The van der Waals surface area contributed by atoms with Crippen LogP contribution in [0, 0.1) is 0 Å². The van der Waals surface area contributed by atoms with Gasteiger partial charge in [0.2, 0.25) is 0 Å². The van der Waals surface area contributed by atoms with E-state index in [1.165, 1.54) is 10.7 Å². The number of hydrogen-bond acceptors (Lipinski definition) is 3. The molecule has 0 aliphatic carbocycles. The van der Waals surface area contributed by atoms with Crippen LogP contribution in [0.3, 0.4) is 0 Å². The third-order valence-corrected chi connectivity index (χ3v) is 2.81. The van der Waals surface area contributed by atoms with E-state index in [0.29, 0.717) is 5.69 Å². The van der Waals surface area contributed by atoms with Crippen LogP contribution in [0.15, 0.2) is 30.3 Å². The van der Waals surface area contributed by atoms with Crippen LogP contribution < -0.4 is 0 Å². The highest BCUT2D eigenvalue weighted by molar-refractivity contribution is 5.85. The average molecular weight is 260 g/mol. The van der Waals surface area contributed by atoms with E-state index in [2.05, 4.69) is 5.10 Å². The van der Waals surface area contributed by atoms with Gasteiger partial charge in [0, 0.05) is 5.41 Å². The molecule has 19 heavy (non-hydrogen) atoms. The van der Waals surface area contributed by atoms with Gasteiger partial charge in [-0.15, -0.1) is 0 Å². The SMILES string of the molecule is CC(C)(C)c1cc(C(=O)O)nn1-c1ccccc1O. The van der Waals surface area contributed by atoms with Gasteiger partial charge < -0.3 is 10.2 Å². The summed E-state index contributed by atoms with van der Waals surface area (Å²) in [5.41, 5.74) is 0.877. The number of phenols is 1. The van der Waals surface area contributed by atoms with Crippen molar-refractivity contribution in [2.75, 3.05) is 0 Å².